The quantitative estimate of drug-likeness (QED) is 0.420. The molecule has 4 aromatic heterocycles. The number of aromatic nitrogens is 4. The second-order valence-corrected chi connectivity index (χ2v) is 10.4. The van der Waals surface area contributed by atoms with Crippen LogP contribution in [0.1, 0.15) is 52.2 Å². The van der Waals surface area contributed by atoms with Crippen LogP contribution in [0, 0.1) is 20.8 Å². The van der Waals surface area contributed by atoms with E-state index in [0.29, 0.717) is 48.5 Å². The zero-order valence-corrected chi connectivity index (χ0v) is 20.9. The van der Waals surface area contributed by atoms with Gasteiger partial charge in [0.2, 0.25) is 0 Å². The lowest BCUT2D eigenvalue weighted by atomic mass is 10.1. The molecule has 176 valence electrons. The highest BCUT2D eigenvalue weighted by Gasteiger charge is 2.27. The van der Waals surface area contributed by atoms with Crippen molar-refractivity contribution >= 4 is 34.2 Å². The number of thiophene rings is 1. The number of piperazine rings is 1. The number of aryl methyl sites for hydroxylation is 3. The van der Waals surface area contributed by atoms with Crippen LogP contribution in [0.3, 0.4) is 0 Å². The van der Waals surface area contributed by atoms with E-state index in [1.165, 1.54) is 4.88 Å². The summed E-state index contributed by atoms with van der Waals surface area (Å²) >= 11 is 1.65. The Bertz CT molecular complexity index is 1370. The van der Waals surface area contributed by atoms with Crippen LogP contribution in [0.15, 0.2) is 28.8 Å². The lowest BCUT2D eigenvalue weighted by molar-refractivity contribution is 0.0748. The van der Waals surface area contributed by atoms with E-state index in [2.05, 4.69) is 46.9 Å². The van der Waals surface area contributed by atoms with Gasteiger partial charge in [-0.05, 0) is 39.0 Å². The maximum atomic E-state index is 13.7. The lowest BCUT2D eigenvalue weighted by Gasteiger charge is -2.35. The number of carbonyl (C=O) groups is 1. The zero-order valence-electron chi connectivity index (χ0n) is 20.1. The summed E-state index contributed by atoms with van der Waals surface area (Å²) in [6, 6.07) is 7.98. The number of pyridine rings is 1. The first-order chi connectivity index (χ1) is 16.3. The van der Waals surface area contributed by atoms with Crippen molar-refractivity contribution in [1.82, 2.24) is 25.0 Å². The minimum atomic E-state index is -0.0189. The third kappa shape index (κ3) is 4.16. The molecule has 4 aromatic rings. The van der Waals surface area contributed by atoms with E-state index in [1.807, 2.05) is 36.9 Å². The minimum Gasteiger partial charge on any atom is -0.353 e. The number of hydrogen-bond donors (Lipinski definition) is 0. The van der Waals surface area contributed by atoms with E-state index in [4.69, 9.17) is 9.51 Å². The zero-order chi connectivity index (χ0) is 24.0. The Labute approximate surface area is 202 Å². The van der Waals surface area contributed by atoms with Crippen LogP contribution < -0.4 is 4.90 Å². The highest BCUT2D eigenvalue weighted by molar-refractivity contribution is 7.15. The molecule has 0 N–H and O–H groups in total. The molecule has 0 bridgehead atoms. The summed E-state index contributed by atoms with van der Waals surface area (Å²) in [4.78, 5) is 34.0. The van der Waals surface area contributed by atoms with Crippen LogP contribution >= 0.6 is 11.3 Å². The van der Waals surface area contributed by atoms with Crippen molar-refractivity contribution in [2.24, 2.45) is 0 Å². The molecule has 0 radical (unpaired) electrons. The van der Waals surface area contributed by atoms with Crippen molar-refractivity contribution in [3.05, 3.63) is 51.9 Å². The summed E-state index contributed by atoms with van der Waals surface area (Å²) in [7, 11) is 0. The van der Waals surface area contributed by atoms with Gasteiger partial charge in [0.15, 0.2) is 0 Å². The molecule has 0 saturated carbocycles. The molecule has 1 aliphatic rings. The number of nitrogens with zero attached hydrogens (tertiary/aromatic N) is 6. The van der Waals surface area contributed by atoms with E-state index >= 15 is 0 Å². The van der Waals surface area contributed by atoms with Crippen molar-refractivity contribution in [3.63, 3.8) is 0 Å². The summed E-state index contributed by atoms with van der Waals surface area (Å²) in [5.74, 6) is 2.03. The molecule has 1 aliphatic heterocycles. The van der Waals surface area contributed by atoms with Crippen LogP contribution in [0.5, 0.6) is 0 Å². The fourth-order valence-corrected chi connectivity index (χ4v) is 5.09. The second kappa shape index (κ2) is 8.79. The molecule has 5 heterocycles. The Morgan fingerprint density at radius 3 is 2.47 bits per heavy atom. The van der Waals surface area contributed by atoms with Gasteiger partial charge in [-0.25, -0.2) is 15.0 Å². The van der Waals surface area contributed by atoms with Gasteiger partial charge in [-0.1, -0.05) is 19.0 Å². The van der Waals surface area contributed by atoms with Gasteiger partial charge < -0.3 is 14.3 Å². The SMILES string of the molecule is Cc1cc(N2CCN(C(=O)c3cc(-c4ccc(C)s4)nc4onc(C)c34)CC2)nc(C(C)C)n1. The van der Waals surface area contributed by atoms with Crippen molar-refractivity contribution in [2.75, 3.05) is 31.1 Å². The van der Waals surface area contributed by atoms with Gasteiger partial charge in [-0.15, -0.1) is 11.3 Å². The Morgan fingerprint density at radius 1 is 1.03 bits per heavy atom. The highest BCUT2D eigenvalue weighted by atomic mass is 32.1. The van der Waals surface area contributed by atoms with E-state index in [0.717, 1.165) is 27.9 Å². The second-order valence-electron chi connectivity index (χ2n) is 9.07. The first kappa shape index (κ1) is 22.5. The molecule has 0 unspecified atom stereocenters. The van der Waals surface area contributed by atoms with Gasteiger partial charge in [0.05, 0.1) is 27.2 Å². The van der Waals surface area contributed by atoms with Gasteiger partial charge in [0.1, 0.15) is 11.6 Å². The summed E-state index contributed by atoms with van der Waals surface area (Å²) in [6.45, 7) is 12.8. The van der Waals surface area contributed by atoms with Gasteiger partial charge in [0.25, 0.3) is 11.6 Å². The molecule has 5 rings (SSSR count). The molecular weight excluding hydrogens is 448 g/mol. The fourth-order valence-electron chi connectivity index (χ4n) is 4.27. The molecule has 1 amide bonds. The molecule has 34 heavy (non-hydrogen) atoms. The van der Waals surface area contributed by atoms with Gasteiger partial charge in [-0.3, -0.25) is 4.79 Å². The number of hydrogen-bond acceptors (Lipinski definition) is 8. The molecule has 0 aromatic carbocycles. The normalized spacial score (nSPS) is 14.4. The lowest BCUT2D eigenvalue weighted by Crippen LogP contribution is -2.49. The van der Waals surface area contributed by atoms with Crippen LogP contribution in [0.25, 0.3) is 21.7 Å². The predicted octanol–water partition coefficient (Wildman–Crippen LogP) is 4.75. The Hall–Kier alpha value is -3.33. The van der Waals surface area contributed by atoms with Gasteiger partial charge in [-0.2, -0.15) is 0 Å². The maximum Gasteiger partial charge on any atom is 0.259 e. The first-order valence-electron chi connectivity index (χ1n) is 11.5. The number of rotatable bonds is 4. The Morgan fingerprint density at radius 2 is 1.79 bits per heavy atom. The van der Waals surface area contributed by atoms with Crippen molar-refractivity contribution in [2.45, 2.75) is 40.5 Å². The molecule has 1 saturated heterocycles. The molecule has 0 atom stereocenters. The number of carbonyl (C=O) groups excluding carboxylic acids is 1. The van der Waals surface area contributed by atoms with E-state index in [-0.39, 0.29) is 11.8 Å². The average molecular weight is 477 g/mol. The van der Waals surface area contributed by atoms with Crippen LogP contribution in [0.2, 0.25) is 0 Å². The summed E-state index contributed by atoms with van der Waals surface area (Å²) < 4.78 is 5.46. The average Bonchev–Trinajstić information content (AvgIpc) is 3.43. The monoisotopic (exact) mass is 476 g/mol. The molecule has 1 fully saturated rings. The summed E-state index contributed by atoms with van der Waals surface area (Å²) in [5.41, 5.74) is 3.38. The molecule has 8 nitrogen and oxygen atoms in total. The number of amides is 1. The highest BCUT2D eigenvalue weighted by Crippen LogP contribution is 2.32. The molecule has 0 aliphatic carbocycles. The van der Waals surface area contributed by atoms with E-state index < -0.39 is 0 Å². The Kier molecular flexibility index (Phi) is 5.81. The largest absolute Gasteiger partial charge is 0.353 e. The van der Waals surface area contributed by atoms with Crippen molar-refractivity contribution in [1.29, 1.82) is 0 Å². The van der Waals surface area contributed by atoms with E-state index in [9.17, 15) is 4.79 Å². The topological polar surface area (TPSA) is 88.2 Å². The van der Waals surface area contributed by atoms with Gasteiger partial charge >= 0.3 is 0 Å². The molecule has 0 spiro atoms. The molecular formula is C25H28N6O2S. The van der Waals surface area contributed by atoms with E-state index in [1.54, 1.807) is 11.3 Å². The standard InChI is InChI=1S/C25H28N6O2S/c1-14(2)23-26-15(3)12-21(28-23)30-8-10-31(11-9-30)25(32)18-13-19(20-7-6-16(4)34-20)27-24-22(18)17(5)29-33-24/h6-7,12-14H,8-11H2,1-5H3. The predicted molar refractivity (Wildman–Crippen MR) is 134 cm³/mol. The van der Waals surface area contributed by atoms with Crippen LogP contribution in [0.4, 0.5) is 5.82 Å². The Balaban J connectivity index is 1.41. The van der Waals surface area contributed by atoms with Crippen LogP contribution in [-0.4, -0.2) is 57.1 Å². The van der Waals surface area contributed by atoms with Crippen LogP contribution in [-0.2, 0) is 0 Å². The third-order valence-electron chi connectivity index (χ3n) is 6.11. The summed E-state index contributed by atoms with van der Waals surface area (Å²) in [5, 5.41) is 4.77. The third-order valence-corrected chi connectivity index (χ3v) is 7.13. The maximum absolute atomic E-state index is 13.7. The first-order valence-corrected chi connectivity index (χ1v) is 12.4. The fraction of sp³-hybridized carbons (Fsp3) is 0.400. The van der Waals surface area contributed by atoms with Crippen molar-refractivity contribution in [3.8, 4) is 10.6 Å². The minimum absolute atomic E-state index is 0.0189. The molecule has 9 heteroatoms. The number of fused-ring (bicyclic) bond motifs is 1. The van der Waals surface area contributed by atoms with Gasteiger partial charge in [0, 0.05) is 48.7 Å². The number of anilines is 1. The van der Waals surface area contributed by atoms with Crippen molar-refractivity contribution < 1.29 is 9.32 Å². The smallest absolute Gasteiger partial charge is 0.259 e. The summed E-state index contributed by atoms with van der Waals surface area (Å²) in [6.07, 6.45) is 0.